The molecule has 156 valence electrons. The summed E-state index contributed by atoms with van der Waals surface area (Å²) >= 11 is 1.49. The molecule has 1 saturated heterocycles. The largest absolute Gasteiger partial charge is 0.333 e. The normalized spacial score (nSPS) is 17.5. The van der Waals surface area contributed by atoms with E-state index < -0.39 is 0 Å². The number of benzene rings is 2. The zero-order valence-corrected chi connectivity index (χ0v) is 18.3. The molecule has 0 bridgehead atoms. The Labute approximate surface area is 184 Å². The first-order valence-corrected chi connectivity index (χ1v) is 11.1. The van der Waals surface area contributed by atoms with Gasteiger partial charge in [0.25, 0.3) is 5.56 Å². The van der Waals surface area contributed by atoms with Crippen LogP contribution in [0.15, 0.2) is 77.9 Å². The molecule has 0 saturated carbocycles. The van der Waals surface area contributed by atoms with Gasteiger partial charge >= 0.3 is 0 Å². The van der Waals surface area contributed by atoms with E-state index in [9.17, 15) is 9.59 Å². The maximum Gasteiger partial charge on any atom is 0.262 e. The minimum Gasteiger partial charge on any atom is -0.333 e. The molecule has 0 N–H and O–H groups in total. The van der Waals surface area contributed by atoms with E-state index in [1.165, 1.54) is 22.2 Å². The lowest BCUT2D eigenvalue weighted by Crippen LogP contribution is -2.58. The predicted molar refractivity (Wildman–Crippen MR) is 124 cm³/mol. The molecule has 1 aliphatic heterocycles. The van der Waals surface area contributed by atoms with Gasteiger partial charge in [0.15, 0.2) is 0 Å². The summed E-state index contributed by atoms with van der Waals surface area (Å²) in [6.07, 6.45) is 1.50. The Morgan fingerprint density at radius 3 is 2.45 bits per heavy atom. The Balaban J connectivity index is 1.42. The standard InChI is InChI=1S/C25H23N3O2S/c1-25(2)15-28(22(25)18-11-7-4-8-12-18)21(29)14-27-16-26-23-19(24(27)30)13-20(31-23)17-9-5-3-6-10-17/h3-13,16,22H,14-15H2,1-2H3. The van der Waals surface area contributed by atoms with Crippen molar-refractivity contribution in [3.8, 4) is 10.4 Å². The van der Waals surface area contributed by atoms with Gasteiger partial charge in [-0.05, 0) is 17.2 Å². The van der Waals surface area contributed by atoms with E-state index in [-0.39, 0.29) is 29.5 Å². The second-order valence-electron chi connectivity index (χ2n) is 8.70. The first-order valence-electron chi connectivity index (χ1n) is 10.3. The molecule has 0 spiro atoms. The average molecular weight is 430 g/mol. The molecule has 1 aliphatic rings. The fraction of sp³-hybridized carbons (Fsp3) is 0.240. The highest BCUT2D eigenvalue weighted by atomic mass is 32.1. The van der Waals surface area contributed by atoms with Gasteiger partial charge in [-0.2, -0.15) is 0 Å². The summed E-state index contributed by atoms with van der Waals surface area (Å²) in [5, 5.41) is 0.558. The van der Waals surface area contributed by atoms with Gasteiger partial charge < -0.3 is 4.90 Å². The van der Waals surface area contributed by atoms with Crippen molar-refractivity contribution in [2.75, 3.05) is 6.54 Å². The summed E-state index contributed by atoms with van der Waals surface area (Å²) in [5.41, 5.74) is 2.01. The van der Waals surface area contributed by atoms with E-state index >= 15 is 0 Å². The van der Waals surface area contributed by atoms with Gasteiger partial charge in [0, 0.05) is 16.8 Å². The third-order valence-corrected chi connectivity index (χ3v) is 7.04. The topological polar surface area (TPSA) is 55.2 Å². The molecule has 6 heteroatoms. The van der Waals surface area contributed by atoms with Crippen LogP contribution in [0.5, 0.6) is 0 Å². The molecular formula is C25H23N3O2S. The molecule has 5 rings (SSSR count). The van der Waals surface area contributed by atoms with Crippen LogP contribution in [0.4, 0.5) is 0 Å². The van der Waals surface area contributed by atoms with Crippen molar-refractivity contribution >= 4 is 27.5 Å². The van der Waals surface area contributed by atoms with Gasteiger partial charge in [-0.15, -0.1) is 11.3 Å². The van der Waals surface area contributed by atoms with Crippen LogP contribution < -0.4 is 5.56 Å². The molecule has 1 fully saturated rings. The van der Waals surface area contributed by atoms with Crippen molar-refractivity contribution in [1.82, 2.24) is 14.5 Å². The third kappa shape index (κ3) is 3.47. The van der Waals surface area contributed by atoms with E-state index in [2.05, 4.69) is 31.0 Å². The quantitative estimate of drug-likeness (QED) is 0.471. The third-order valence-electron chi connectivity index (χ3n) is 5.95. The molecule has 1 amide bonds. The Kier molecular flexibility index (Phi) is 4.74. The van der Waals surface area contributed by atoms with Crippen molar-refractivity contribution in [2.45, 2.75) is 26.4 Å². The van der Waals surface area contributed by atoms with Crippen LogP contribution >= 0.6 is 11.3 Å². The fourth-order valence-electron chi connectivity index (χ4n) is 4.48. The molecule has 4 aromatic rings. The van der Waals surface area contributed by atoms with Crippen molar-refractivity contribution in [1.29, 1.82) is 0 Å². The lowest BCUT2D eigenvalue weighted by molar-refractivity contribution is -0.152. The zero-order valence-electron chi connectivity index (χ0n) is 17.5. The second kappa shape index (κ2) is 7.46. The van der Waals surface area contributed by atoms with Crippen LogP contribution in [0.2, 0.25) is 0 Å². The molecule has 2 aromatic heterocycles. The molecule has 0 aliphatic carbocycles. The van der Waals surface area contributed by atoms with Crippen molar-refractivity contribution in [3.05, 3.63) is 89.0 Å². The minimum atomic E-state index is -0.173. The molecular weight excluding hydrogens is 406 g/mol. The lowest BCUT2D eigenvalue weighted by Gasteiger charge is -2.54. The second-order valence-corrected chi connectivity index (χ2v) is 9.73. The van der Waals surface area contributed by atoms with Crippen LogP contribution in [0.25, 0.3) is 20.7 Å². The van der Waals surface area contributed by atoms with E-state index in [4.69, 9.17) is 0 Å². The van der Waals surface area contributed by atoms with Crippen LogP contribution in [0.1, 0.15) is 25.5 Å². The predicted octanol–water partition coefficient (Wildman–Crippen LogP) is 4.73. The average Bonchev–Trinajstić information content (AvgIpc) is 3.21. The summed E-state index contributed by atoms with van der Waals surface area (Å²) in [5.74, 6) is -0.0602. The van der Waals surface area contributed by atoms with E-state index in [0.717, 1.165) is 16.0 Å². The number of aromatic nitrogens is 2. The number of amides is 1. The monoisotopic (exact) mass is 429 g/mol. The summed E-state index contributed by atoms with van der Waals surface area (Å²) < 4.78 is 1.43. The molecule has 3 heterocycles. The molecule has 2 aromatic carbocycles. The molecule has 1 unspecified atom stereocenters. The number of thiophene rings is 1. The molecule has 5 nitrogen and oxygen atoms in total. The number of fused-ring (bicyclic) bond motifs is 1. The van der Waals surface area contributed by atoms with Crippen molar-refractivity contribution in [3.63, 3.8) is 0 Å². The molecule has 31 heavy (non-hydrogen) atoms. The van der Waals surface area contributed by atoms with E-state index in [0.29, 0.717) is 16.8 Å². The number of carbonyl (C=O) groups is 1. The number of hydrogen-bond donors (Lipinski definition) is 0. The number of hydrogen-bond acceptors (Lipinski definition) is 4. The summed E-state index contributed by atoms with van der Waals surface area (Å²) in [6.45, 7) is 5.01. The SMILES string of the molecule is CC1(C)CN(C(=O)Cn2cnc3sc(-c4ccccc4)cc3c2=O)C1c1ccccc1. The first kappa shape index (κ1) is 19.7. The van der Waals surface area contributed by atoms with Crippen molar-refractivity contribution in [2.24, 2.45) is 5.41 Å². The summed E-state index contributed by atoms with van der Waals surface area (Å²) in [4.78, 5) is 34.2. The van der Waals surface area contributed by atoms with Crippen LogP contribution in [-0.4, -0.2) is 26.9 Å². The van der Waals surface area contributed by atoms with Gasteiger partial charge in [0.05, 0.1) is 17.8 Å². The minimum absolute atomic E-state index is 0.00211. The highest BCUT2D eigenvalue weighted by Crippen LogP contribution is 2.48. The summed E-state index contributed by atoms with van der Waals surface area (Å²) in [7, 11) is 0. The Morgan fingerprint density at radius 2 is 1.77 bits per heavy atom. The van der Waals surface area contributed by atoms with Gasteiger partial charge in [0.2, 0.25) is 5.91 Å². The van der Waals surface area contributed by atoms with Gasteiger partial charge in [-0.1, -0.05) is 74.5 Å². The molecule has 1 atom stereocenters. The Bertz CT molecular complexity index is 1310. The lowest BCUT2D eigenvalue weighted by atomic mass is 9.71. The molecule has 0 radical (unpaired) electrons. The number of likely N-dealkylation sites (tertiary alicyclic amines) is 1. The summed E-state index contributed by atoms with van der Waals surface area (Å²) in [6, 6.07) is 21.9. The van der Waals surface area contributed by atoms with Crippen LogP contribution in [0.3, 0.4) is 0 Å². The van der Waals surface area contributed by atoms with E-state index in [1.807, 2.05) is 59.5 Å². The van der Waals surface area contributed by atoms with Gasteiger partial charge in [-0.3, -0.25) is 14.2 Å². The van der Waals surface area contributed by atoms with Crippen molar-refractivity contribution < 1.29 is 4.79 Å². The van der Waals surface area contributed by atoms with Gasteiger partial charge in [0.1, 0.15) is 11.4 Å². The maximum absolute atomic E-state index is 13.1. The number of rotatable bonds is 4. The zero-order chi connectivity index (χ0) is 21.6. The Hall–Kier alpha value is -3.25. The smallest absolute Gasteiger partial charge is 0.262 e. The Morgan fingerprint density at radius 1 is 1.10 bits per heavy atom. The highest BCUT2D eigenvalue weighted by molar-refractivity contribution is 7.21. The van der Waals surface area contributed by atoms with Crippen LogP contribution in [-0.2, 0) is 11.3 Å². The fourth-order valence-corrected chi connectivity index (χ4v) is 5.47. The number of nitrogens with zero attached hydrogens (tertiary/aromatic N) is 3. The maximum atomic E-state index is 13.1. The first-order chi connectivity index (χ1) is 14.9. The van der Waals surface area contributed by atoms with Gasteiger partial charge in [-0.25, -0.2) is 4.98 Å². The van der Waals surface area contributed by atoms with E-state index in [1.54, 1.807) is 0 Å². The van der Waals surface area contributed by atoms with Crippen LogP contribution in [0, 0.1) is 5.41 Å². The number of carbonyl (C=O) groups excluding carboxylic acids is 1. The highest BCUT2D eigenvalue weighted by Gasteiger charge is 2.48.